The Morgan fingerprint density at radius 2 is 2.00 bits per heavy atom. The zero-order chi connectivity index (χ0) is 21.7. The van der Waals surface area contributed by atoms with E-state index in [4.69, 9.17) is 16.3 Å². The largest absolute Gasteiger partial charge is 0.455 e. The SMILES string of the molecule is O=C1CCCC2(CCN(C3Nc4cc(Cl)ccc4O3)CC2)N1Cc1cccc2[nH]ccc12. The molecule has 2 saturated heterocycles. The summed E-state index contributed by atoms with van der Waals surface area (Å²) in [6, 6.07) is 14.1. The molecule has 0 aliphatic carbocycles. The van der Waals surface area contributed by atoms with Crippen molar-refractivity contribution in [3.05, 3.63) is 59.2 Å². The molecule has 7 heteroatoms. The third-order valence-electron chi connectivity index (χ3n) is 7.44. The lowest BCUT2D eigenvalue weighted by Crippen LogP contribution is -2.60. The van der Waals surface area contributed by atoms with Crippen molar-refractivity contribution in [1.29, 1.82) is 0 Å². The predicted octanol–water partition coefficient (Wildman–Crippen LogP) is 4.96. The van der Waals surface area contributed by atoms with E-state index in [1.54, 1.807) is 0 Å². The number of hydrogen-bond donors (Lipinski definition) is 2. The minimum Gasteiger partial charge on any atom is -0.455 e. The normalized spacial score (nSPS) is 22.7. The van der Waals surface area contributed by atoms with Gasteiger partial charge in [-0.05, 0) is 61.6 Å². The van der Waals surface area contributed by atoms with E-state index in [0.29, 0.717) is 18.0 Å². The molecule has 3 aliphatic heterocycles. The molecule has 2 N–H and O–H groups in total. The summed E-state index contributed by atoms with van der Waals surface area (Å²) in [7, 11) is 0. The second-order valence-electron chi connectivity index (χ2n) is 9.20. The Labute approximate surface area is 192 Å². The van der Waals surface area contributed by atoms with Crippen LogP contribution in [-0.4, -0.2) is 45.7 Å². The number of benzene rings is 2. The van der Waals surface area contributed by atoms with Crippen LogP contribution in [0.2, 0.25) is 5.02 Å². The van der Waals surface area contributed by atoms with E-state index < -0.39 is 0 Å². The molecule has 3 aromatic rings. The number of hydrogen-bond acceptors (Lipinski definition) is 4. The second kappa shape index (κ2) is 7.71. The Balaban J connectivity index is 1.20. The molecule has 0 saturated carbocycles. The summed E-state index contributed by atoms with van der Waals surface area (Å²) in [6.07, 6.45) is 6.41. The Morgan fingerprint density at radius 1 is 1.12 bits per heavy atom. The first-order valence-corrected chi connectivity index (χ1v) is 11.8. The van der Waals surface area contributed by atoms with Crippen LogP contribution in [0.25, 0.3) is 10.9 Å². The van der Waals surface area contributed by atoms with Gasteiger partial charge < -0.3 is 19.9 Å². The van der Waals surface area contributed by atoms with E-state index in [0.717, 1.165) is 55.7 Å². The molecule has 1 unspecified atom stereocenters. The van der Waals surface area contributed by atoms with E-state index >= 15 is 0 Å². The Morgan fingerprint density at radius 3 is 2.88 bits per heavy atom. The molecule has 1 amide bonds. The van der Waals surface area contributed by atoms with Crippen molar-refractivity contribution >= 4 is 34.1 Å². The second-order valence-corrected chi connectivity index (χ2v) is 9.64. The molecule has 1 aromatic heterocycles. The number of fused-ring (bicyclic) bond motifs is 2. The first kappa shape index (κ1) is 19.9. The van der Waals surface area contributed by atoms with Gasteiger partial charge in [0.25, 0.3) is 0 Å². The Bertz CT molecular complexity index is 1170. The van der Waals surface area contributed by atoms with Gasteiger partial charge in [-0.15, -0.1) is 0 Å². The van der Waals surface area contributed by atoms with Gasteiger partial charge in [0.05, 0.1) is 5.69 Å². The van der Waals surface area contributed by atoms with Crippen molar-refractivity contribution in [3.8, 4) is 5.75 Å². The average Bonchev–Trinajstić information content (AvgIpc) is 3.44. The van der Waals surface area contributed by atoms with Crippen LogP contribution in [0.3, 0.4) is 0 Å². The quantitative estimate of drug-likeness (QED) is 0.592. The highest BCUT2D eigenvalue weighted by Crippen LogP contribution is 2.41. The summed E-state index contributed by atoms with van der Waals surface area (Å²) in [5.41, 5.74) is 3.21. The zero-order valence-electron chi connectivity index (χ0n) is 17.9. The first-order valence-electron chi connectivity index (χ1n) is 11.4. The van der Waals surface area contributed by atoms with Crippen LogP contribution >= 0.6 is 11.6 Å². The van der Waals surface area contributed by atoms with Gasteiger partial charge in [0.2, 0.25) is 12.3 Å². The van der Waals surface area contributed by atoms with Crippen molar-refractivity contribution in [3.63, 3.8) is 0 Å². The number of anilines is 1. The average molecular weight is 451 g/mol. The summed E-state index contributed by atoms with van der Waals surface area (Å²) in [4.78, 5) is 20.9. The fraction of sp³-hybridized carbons (Fsp3) is 0.400. The summed E-state index contributed by atoms with van der Waals surface area (Å²) >= 11 is 6.13. The molecule has 1 spiro atoms. The maximum Gasteiger partial charge on any atom is 0.230 e. The van der Waals surface area contributed by atoms with Gasteiger partial charge in [0.15, 0.2) is 0 Å². The Hall–Kier alpha value is -2.70. The van der Waals surface area contributed by atoms with Crippen LogP contribution in [0.1, 0.15) is 37.7 Å². The Kier molecular flexibility index (Phi) is 4.81. The van der Waals surface area contributed by atoms with Crippen molar-refractivity contribution in [2.45, 2.75) is 50.5 Å². The van der Waals surface area contributed by atoms with Crippen LogP contribution < -0.4 is 10.1 Å². The number of carbonyl (C=O) groups is 1. The van der Waals surface area contributed by atoms with Gasteiger partial charge in [-0.25, -0.2) is 0 Å². The summed E-state index contributed by atoms with van der Waals surface area (Å²) in [5, 5.41) is 5.36. The van der Waals surface area contributed by atoms with Crippen molar-refractivity contribution < 1.29 is 9.53 Å². The molecule has 32 heavy (non-hydrogen) atoms. The lowest BCUT2D eigenvalue weighted by molar-refractivity contribution is -0.147. The van der Waals surface area contributed by atoms with Gasteiger partial charge >= 0.3 is 0 Å². The maximum absolute atomic E-state index is 13.1. The van der Waals surface area contributed by atoms with E-state index in [-0.39, 0.29) is 17.8 Å². The van der Waals surface area contributed by atoms with Gasteiger partial charge in [-0.2, -0.15) is 0 Å². The van der Waals surface area contributed by atoms with E-state index in [1.165, 1.54) is 10.9 Å². The molecule has 2 fully saturated rings. The molecule has 3 aliphatic rings. The molecule has 6 nitrogen and oxygen atoms in total. The zero-order valence-corrected chi connectivity index (χ0v) is 18.7. The van der Waals surface area contributed by atoms with Crippen LogP contribution in [-0.2, 0) is 11.3 Å². The highest BCUT2D eigenvalue weighted by atomic mass is 35.5. The van der Waals surface area contributed by atoms with Crippen LogP contribution in [0.5, 0.6) is 5.75 Å². The van der Waals surface area contributed by atoms with Crippen molar-refractivity contribution in [1.82, 2.24) is 14.8 Å². The topological polar surface area (TPSA) is 60.6 Å². The molecular weight excluding hydrogens is 424 g/mol. The predicted molar refractivity (Wildman–Crippen MR) is 126 cm³/mol. The lowest BCUT2D eigenvalue weighted by Gasteiger charge is -2.52. The number of likely N-dealkylation sites (tertiary alicyclic amines) is 2. The number of piperidine rings is 2. The molecule has 0 radical (unpaired) electrons. The summed E-state index contributed by atoms with van der Waals surface area (Å²) in [6.45, 7) is 2.45. The van der Waals surface area contributed by atoms with E-state index in [1.807, 2.05) is 24.4 Å². The number of nitrogens with zero attached hydrogens (tertiary/aromatic N) is 2. The fourth-order valence-corrected chi connectivity index (χ4v) is 5.85. The van der Waals surface area contributed by atoms with E-state index in [9.17, 15) is 4.79 Å². The highest BCUT2D eigenvalue weighted by molar-refractivity contribution is 6.31. The van der Waals surface area contributed by atoms with E-state index in [2.05, 4.69) is 44.4 Å². The minimum atomic E-state index is -0.179. The lowest BCUT2D eigenvalue weighted by atomic mass is 9.78. The number of amides is 1. The number of aromatic nitrogens is 1. The smallest absolute Gasteiger partial charge is 0.230 e. The number of H-pyrrole nitrogens is 1. The number of ether oxygens (including phenoxy) is 1. The summed E-state index contributed by atoms with van der Waals surface area (Å²) in [5.74, 6) is 1.13. The molecule has 0 bridgehead atoms. The minimum absolute atomic E-state index is 0.0704. The van der Waals surface area contributed by atoms with Crippen LogP contribution in [0.15, 0.2) is 48.7 Å². The van der Waals surface area contributed by atoms with Crippen molar-refractivity contribution in [2.75, 3.05) is 18.4 Å². The van der Waals surface area contributed by atoms with Crippen molar-refractivity contribution in [2.24, 2.45) is 0 Å². The molecule has 6 rings (SSSR count). The third-order valence-corrected chi connectivity index (χ3v) is 7.67. The molecule has 1 atom stereocenters. The molecule has 166 valence electrons. The number of rotatable bonds is 3. The van der Waals surface area contributed by atoms with Crippen LogP contribution in [0.4, 0.5) is 5.69 Å². The standard InChI is InChI=1S/C25H27ClN4O2/c26-18-6-7-22-21(15-18)28-24(32-22)29-13-10-25(11-14-29)9-2-5-23(31)30(25)16-17-3-1-4-20-19(17)8-12-27-20/h1,3-4,6-8,12,15,24,27-28H,2,5,9-11,13-14,16H2. The van der Waals surface area contributed by atoms with Gasteiger partial charge in [0, 0.05) is 53.7 Å². The number of carbonyl (C=O) groups excluding carboxylic acids is 1. The highest BCUT2D eigenvalue weighted by Gasteiger charge is 2.46. The monoisotopic (exact) mass is 450 g/mol. The molecule has 2 aromatic carbocycles. The number of aromatic amines is 1. The maximum atomic E-state index is 13.1. The van der Waals surface area contributed by atoms with Gasteiger partial charge in [0.1, 0.15) is 5.75 Å². The number of nitrogens with one attached hydrogen (secondary N) is 2. The van der Waals surface area contributed by atoms with Crippen LogP contribution in [0, 0.1) is 0 Å². The molecule has 4 heterocycles. The molecular formula is C25H27ClN4O2. The number of halogens is 1. The third kappa shape index (κ3) is 3.33. The van der Waals surface area contributed by atoms with Gasteiger partial charge in [-0.3, -0.25) is 9.69 Å². The summed E-state index contributed by atoms with van der Waals surface area (Å²) < 4.78 is 6.13. The van der Waals surface area contributed by atoms with Gasteiger partial charge in [-0.1, -0.05) is 23.7 Å². The first-order chi connectivity index (χ1) is 15.6. The fourth-order valence-electron chi connectivity index (χ4n) is 5.68.